The van der Waals surface area contributed by atoms with Crippen LogP contribution in [0.3, 0.4) is 0 Å². The quantitative estimate of drug-likeness (QED) is 0.727. The highest BCUT2D eigenvalue weighted by molar-refractivity contribution is 7.99. The predicted molar refractivity (Wildman–Crippen MR) is 101 cm³/mol. The number of thioether (sulfide) groups is 1. The van der Waals surface area contributed by atoms with Gasteiger partial charge in [0.05, 0.1) is 11.4 Å². The van der Waals surface area contributed by atoms with Gasteiger partial charge in [-0.3, -0.25) is 9.59 Å². The highest BCUT2D eigenvalue weighted by atomic mass is 35.5. The summed E-state index contributed by atoms with van der Waals surface area (Å²) >= 11 is 7.38. The van der Waals surface area contributed by atoms with Crippen molar-refractivity contribution in [1.29, 1.82) is 0 Å². The summed E-state index contributed by atoms with van der Waals surface area (Å²) in [4.78, 5) is 26.2. The highest BCUT2D eigenvalue weighted by Crippen LogP contribution is 2.32. The Morgan fingerprint density at radius 3 is 2.78 bits per heavy atom. The average Bonchev–Trinajstić information content (AvgIpc) is 3.09. The molecule has 27 heavy (non-hydrogen) atoms. The number of amides is 2. The lowest BCUT2D eigenvalue weighted by Gasteiger charge is -2.23. The first-order chi connectivity index (χ1) is 12.6. The van der Waals surface area contributed by atoms with E-state index in [0.29, 0.717) is 11.6 Å². The summed E-state index contributed by atoms with van der Waals surface area (Å²) in [5.74, 6) is 0.149. The zero-order chi connectivity index (χ0) is 20.2. The van der Waals surface area contributed by atoms with Crippen molar-refractivity contribution < 1.29 is 22.8 Å². The van der Waals surface area contributed by atoms with E-state index in [9.17, 15) is 22.8 Å². The van der Waals surface area contributed by atoms with Gasteiger partial charge in [0.25, 0.3) is 0 Å². The maximum absolute atomic E-state index is 12.8. The minimum Gasteiger partial charge on any atom is -0.352 e. The van der Waals surface area contributed by atoms with Crippen molar-refractivity contribution in [3.05, 3.63) is 40.4 Å². The number of nitrogens with zero attached hydrogens (tertiary/aromatic N) is 1. The number of carbonyl (C=O) groups excluding carboxylic acids is 2. The van der Waals surface area contributed by atoms with Crippen LogP contribution < -0.4 is 5.32 Å². The van der Waals surface area contributed by atoms with Gasteiger partial charge in [-0.25, -0.2) is 0 Å². The van der Waals surface area contributed by atoms with Crippen LogP contribution in [0.1, 0.15) is 31.4 Å². The summed E-state index contributed by atoms with van der Waals surface area (Å²) in [6.45, 7) is 3.82. The standard InChI is InChI=1S/C18H20ClF3N2O2S/c1-3-11(2)23-17(26)15-9-27-10-24(15)16(25)7-4-12-8-13(18(20,21)22)5-6-14(12)19/h4-8,11,15H,3,9-10H2,1-2H3,(H,23,26)/b7-4+. The van der Waals surface area contributed by atoms with Gasteiger partial charge in [0.1, 0.15) is 6.04 Å². The minimum absolute atomic E-state index is 0.000455. The molecule has 4 nitrogen and oxygen atoms in total. The molecule has 0 bridgehead atoms. The Hall–Kier alpha value is -1.67. The van der Waals surface area contributed by atoms with Crippen LogP contribution in [0.4, 0.5) is 13.2 Å². The fourth-order valence-corrected chi connectivity index (χ4v) is 3.77. The van der Waals surface area contributed by atoms with Crippen LogP contribution >= 0.6 is 23.4 Å². The fraction of sp³-hybridized carbons (Fsp3) is 0.444. The second-order valence-electron chi connectivity index (χ2n) is 6.21. The monoisotopic (exact) mass is 420 g/mol. The summed E-state index contributed by atoms with van der Waals surface area (Å²) in [7, 11) is 0. The Labute approximate surface area is 165 Å². The number of benzene rings is 1. The molecule has 0 saturated carbocycles. The molecule has 1 fully saturated rings. The SMILES string of the molecule is CCC(C)NC(=O)C1CSCN1C(=O)/C=C/c1cc(C(F)(F)F)ccc1Cl. The summed E-state index contributed by atoms with van der Waals surface area (Å²) in [5.41, 5.74) is -0.756. The molecular formula is C18H20ClF3N2O2S. The van der Waals surface area contributed by atoms with Crippen LogP contribution in [0, 0.1) is 0 Å². The Morgan fingerprint density at radius 1 is 1.44 bits per heavy atom. The normalized spacial score (nSPS) is 18.7. The third kappa shape index (κ3) is 5.65. The Kier molecular flexibility index (Phi) is 7.22. The van der Waals surface area contributed by atoms with Crippen molar-refractivity contribution in [3.8, 4) is 0 Å². The molecule has 1 N–H and O–H groups in total. The second kappa shape index (κ2) is 9.01. The molecule has 2 unspecified atom stereocenters. The first kappa shape index (κ1) is 21.6. The molecule has 2 rings (SSSR count). The van der Waals surface area contributed by atoms with E-state index < -0.39 is 23.7 Å². The van der Waals surface area contributed by atoms with E-state index in [2.05, 4.69) is 5.32 Å². The lowest BCUT2D eigenvalue weighted by molar-refractivity contribution is -0.137. The zero-order valence-corrected chi connectivity index (χ0v) is 16.4. The van der Waals surface area contributed by atoms with Gasteiger partial charge >= 0.3 is 6.18 Å². The maximum Gasteiger partial charge on any atom is 0.416 e. The first-order valence-electron chi connectivity index (χ1n) is 8.37. The van der Waals surface area contributed by atoms with E-state index >= 15 is 0 Å². The maximum atomic E-state index is 12.8. The number of hydrogen-bond acceptors (Lipinski definition) is 3. The predicted octanol–water partition coefficient (Wildman–Crippen LogP) is 4.19. The Morgan fingerprint density at radius 2 is 2.15 bits per heavy atom. The van der Waals surface area contributed by atoms with Gasteiger partial charge in [-0.15, -0.1) is 11.8 Å². The van der Waals surface area contributed by atoms with Gasteiger partial charge in [0, 0.05) is 22.9 Å². The van der Waals surface area contributed by atoms with Crippen molar-refractivity contribution in [2.45, 2.75) is 38.5 Å². The van der Waals surface area contributed by atoms with E-state index in [1.807, 2.05) is 13.8 Å². The molecule has 2 amide bonds. The molecule has 0 radical (unpaired) electrons. The van der Waals surface area contributed by atoms with Gasteiger partial charge in [-0.1, -0.05) is 18.5 Å². The van der Waals surface area contributed by atoms with Gasteiger partial charge in [-0.05, 0) is 43.2 Å². The number of hydrogen-bond donors (Lipinski definition) is 1. The summed E-state index contributed by atoms with van der Waals surface area (Å²) < 4.78 is 38.5. The van der Waals surface area contributed by atoms with Crippen LogP contribution in [0.2, 0.25) is 5.02 Å². The molecule has 1 aromatic carbocycles. The third-order valence-corrected chi connectivity index (χ3v) is 5.55. The topological polar surface area (TPSA) is 49.4 Å². The molecule has 1 aromatic rings. The van der Waals surface area contributed by atoms with Gasteiger partial charge in [0.15, 0.2) is 0 Å². The van der Waals surface area contributed by atoms with Crippen LogP contribution in [-0.4, -0.2) is 40.4 Å². The summed E-state index contributed by atoms with van der Waals surface area (Å²) in [5, 5.41) is 2.95. The molecule has 9 heteroatoms. The molecule has 1 aliphatic rings. The average molecular weight is 421 g/mol. The number of halogens is 4. The first-order valence-corrected chi connectivity index (χ1v) is 9.90. The molecule has 0 aromatic heterocycles. The number of alkyl halides is 3. The van der Waals surface area contributed by atoms with E-state index in [1.165, 1.54) is 22.7 Å². The van der Waals surface area contributed by atoms with Gasteiger partial charge < -0.3 is 10.2 Å². The van der Waals surface area contributed by atoms with Crippen LogP contribution in [-0.2, 0) is 15.8 Å². The van der Waals surface area contributed by atoms with E-state index in [4.69, 9.17) is 11.6 Å². The molecule has 0 spiro atoms. The second-order valence-corrected chi connectivity index (χ2v) is 7.62. The molecule has 0 aliphatic carbocycles. The summed E-state index contributed by atoms with van der Waals surface area (Å²) in [6, 6.07) is 2.31. The molecule has 2 atom stereocenters. The van der Waals surface area contributed by atoms with E-state index in [1.54, 1.807) is 0 Å². The van der Waals surface area contributed by atoms with Crippen LogP contribution in [0.5, 0.6) is 0 Å². The molecule has 1 aliphatic heterocycles. The van der Waals surface area contributed by atoms with E-state index in [-0.39, 0.29) is 22.5 Å². The van der Waals surface area contributed by atoms with Gasteiger partial charge in [0.2, 0.25) is 11.8 Å². The van der Waals surface area contributed by atoms with Crippen molar-refractivity contribution in [3.63, 3.8) is 0 Å². The number of rotatable bonds is 5. The van der Waals surface area contributed by atoms with Crippen LogP contribution in [0.25, 0.3) is 6.08 Å². The fourth-order valence-electron chi connectivity index (χ4n) is 2.42. The zero-order valence-electron chi connectivity index (χ0n) is 14.8. The van der Waals surface area contributed by atoms with Gasteiger partial charge in [-0.2, -0.15) is 13.2 Å². The third-order valence-electron chi connectivity index (χ3n) is 4.20. The lowest BCUT2D eigenvalue weighted by atomic mass is 10.1. The lowest BCUT2D eigenvalue weighted by Crippen LogP contribution is -2.48. The van der Waals surface area contributed by atoms with E-state index in [0.717, 1.165) is 30.7 Å². The minimum atomic E-state index is -4.50. The Balaban J connectivity index is 2.13. The molecular weight excluding hydrogens is 401 g/mol. The number of nitrogens with one attached hydrogen (secondary N) is 1. The molecule has 1 heterocycles. The van der Waals surface area contributed by atoms with Crippen molar-refractivity contribution >= 4 is 41.3 Å². The smallest absolute Gasteiger partial charge is 0.352 e. The summed E-state index contributed by atoms with van der Waals surface area (Å²) in [6.07, 6.45) is -1.33. The van der Waals surface area contributed by atoms with Crippen molar-refractivity contribution in [2.24, 2.45) is 0 Å². The van der Waals surface area contributed by atoms with Crippen molar-refractivity contribution in [2.75, 3.05) is 11.6 Å². The largest absolute Gasteiger partial charge is 0.416 e. The molecule has 148 valence electrons. The Bertz CT molecular complexity index is 740. The molecule has 1 saturated heterocycles. The number of carbonyl (C=O) groups is 2. The van der Waals surface area contributed by atoms with Crippen molar-refractivity contribution in [1.82, 2.24) is 10.2 Å². The highest BCUT2D eigenvalue weighted by Gasteiger charge is 2.34. The van der Waals surface area contributed by atoms with Crippen LogP contribution in [0.15, 0.2) is 24.3 Å².